The molecule has 0 saturated heterocycles. The van der Waals surface area contributed by atoms with E-state index in [4.69, 9.17) is 22.2 Å². The fourth-order valence-corrected chi connectivity index (χ4v) is 2.38. The first-order valence-corrected chi connectivity index (χ1v) is 6.72. The predicted octanol–water partition coefficient (Wildman–Crippen LogP) is 2.67. The Hall–Kier alpha value is -1.97. The number of hydrazine groups is 1. The van der Waals surface area contributed by atoms with E-state index < -0.39 is 4.92 Å². The van der Waals surface area contributed by atoms with Crippen molar-refractivity contribution >= 4 is 39.0 Å². The number of nitro groups is 1. The van der Waals surface area contributed by atoms with Crippen LogP contribution < -0.4 is 16.0 Å². The van der Waals surface area contributed by atoms with Crippen molar-refractivity contribution in [3.8, 4) is 5.75 Å². The largest absolute Gasteiger partial charge is 0.479 e. The van der Waals surface area contributed by atoms with Crippen molar-refractivity contribution < 1.29 is 9.66 Å². The maximum Gasteiger partial charge on any atom is 0.313 e. The molecule has 0 saturated carbocycles. The average molecular weight is 375 g/mol. The number of nitrogens with zero attached hydrogens (tertiary/aromatic N) is 3. The molecule has 110 valence electrons. The molecule has 0 spiro atoms. The van der Waals surface area contributed by atoms with Gasteiger partial charge >= 0.3 is 5.69 Å². The number of rotatable bonds is 5. The van der Waals surface area contributed by atoms with Crippen LogP contribution in [0.2, 0.25) is 5.02 Å². The Labute approximate surface area is 132 Å². The second-order valence-corrected chi connectivity index (χ2v) is 5.11. The van der Waals surface area contributed by atoms with Gasteiger partial charge in [0.2, 0.25) is 5.75 Å². The first-order valence-electron chi connectivity index (χ1n) is 5.55. The highest BCUT2D eigenvalue weighted by molar-refractivity contribution is 9.10. The van der Waals surface area contributed by atoms with Gasteiger partial charge in [-0.1, -0.05) is 11.6 Å². The molecule has 2 rings (SSSR count). The third-order valence-corrected chi connectivity index (χ3v) is 3.21. The lowest BCUT2D eigenvalue weighted by Gasteiger charge is -2.09. The highest BCUT2D eigenvalue weighted by Gasteiger charge is 2.20. The Balaban J connectivity index is 2.20. The normalized spacial score (nSPS) is 10.2. The Morgan fingerprint density at radius 1 is 1.43 bits per heavy atom. The van der Waals surface area contributed by atoms with Crippen LogP contribution in [0, 0.1) is 10.1 Å². The Morgan fingerprint density at radius 2 is 2.19 bits per heavy atom. The summed E-state index contributed by atoms with van der Waals surface area (Å²) in [4.78, 5) is 18.4. The van der Waals surface area contributed by atoms with Gasteiger partial charge in [-0.05, 0) is 22.0 Å². The molecule has 8 nitrogen and oxygen atoms in total. The molecule has 3 N–H and O–H groups in total. The number of nitrogen functional groups attached to an aromatic ring is 1. The summed E-state index contributed by atoms with van der Waals surface area (Å²) in [5, 5.41) is 11.3. The van der Waals surface area contributed by atoms with E-state index in [0.29, 0.717) is 16.0 Å². The van der Waals surface area contributed by atoms with Crippen molar-refractivity contribution in [1.82, 2.24) is 9.97 Å². The molecule has 0 aliphatic carbocycles. The van der Waals surface area contributed by atoms with Crippen molar-refractivity contribution in [1.29, 1.82) is 0 Å². The van der Waals surface area contributed by atoms with Gasteiger partial charge in [0.1, 0.15) is 6.61 Å². The number of benzene rings is 1. The number of anilines is 1. The van der Waals surface area contributed by atoms with E-state index in [1.165, 1.54) is 24.5 Å². The minimum Gasteiger partial charge on any atom is -0.479 e. The van der Waals surface area contributed by atoms with Crippen LogP contribution in [0.1, 0.15) is 5.69 Å². The molecule has 0 aliphatic heterocycles. The van der Waals surface area contributed by atoms with E-state index in [0.717, 1.165) is 0 Å². The van der Waals surface area contributed by atoms with Crippen LogP contribution in [0.5, 0.6) is 5.75 Å². The van der Waals surface area contributed by atoms with E-state index in [1.807, 2.05) is 0 Å². The summed E-state index contributed by atoms with van der Waals surface area (Å²) in [5.41, 5.74) is 2.60. The van der Waals surface area contributed by atoms with Crippen molar-refractivity contribution in [2.24, 2.45) is 5.84 Å². The lowest BCUT2D eigenvalue weighted by atomic mass is 10.3. The minimum atomic E-state index is -0.570. The first-order chi connectivity index (χ1) is 10.0. The first kappa shape index (κ1) is 15.4. The molecule has 1 aromatic carbocycles. The van der Waals surface area contributed by atoms with Gasteiger partial charge < -0.3 is 10.2 Å². The van der Waals surface area contributed by atoms with Gasteiger partial charge in [-0.25, -0.2) is 10.8 Å². The van der Waals surface area contributed by atoms with Crippen LogP contribution >= 0.6 is 27.5 Å². The molecular weight excluding hydrogens is 366 g/mol. The van der Waals surface area contributed by atoms with Gasteiger partial charge in [0.15, 0.2) is 5.82 Å². The summed E-state index contributed by atoms with van der Waals surface area (Å²) < 4.78 is 5.83. The van der Waals surface area contributed by atoms with Crippen molar-refractivity contribution in [2.75, 3.05) is 5.43 Å². The monoisotopic (exact) mass is 373 g/mol. The number of hydrogen-bond acceptors (Lipinski definition) is 7. The van der Waals surface area contributed by atoms with Crippen LogP contribution in [0.3, 0.4) is 0 Å². The Kier molecular flexibility index (Phi) is 4.89. The molecule has 0 fully saturated rings. The number of aromatic nitrogens is 2. The van der Waals surface area contributed by atoms with Gasteiger partial charge in [-0.15, -0.1) is 0 Å². The summed E-state index contributed by atoms with van der Waals surface area (Å²) in [7, 11) is 0. The van der Waals surface area contributed by atoms with Gasteiger partial charge in [-0.2, -0.15) is 0 Å². The lowest BCUT2D eigenvalue weighted by Crippen LogP contribution is -2.09. The third-order valence-electron chi connectivity index (χ3n) is 2.40. The average Bonchev–Trinajstić information content (AvgIpc) is 2.46. The standard InChI is InChI=1S/C11H9BrClN5O3/c12-8-1-6(13)2-9(18(19)20)11(8)21-5-7-3-16-10(17-14)4-15-7/h1-4H,5,14H2,(H,16,17). The zero-order chi connectivity index (χ0) is 15.4. The molecule has 0 unspecified atom stereocenters. The number of halogens is 2. The summed E-state index contributed by atoms with van der Waals surface area (Å²) in [6.45, 7) is 0.0128. The third kappa shape index (κ3) is 3.78. The molecule has 1 heterocycles. The molecule has 1 aromatic heterocycles. The Morgan fingerprint density at radius 3 is 2.76 bits per heavy atom. The van der Waals surface area contributed by atoms with Crippen molar-refractivity contribution in [3.63, 3.8) is 0 Å². The maximum absolute atomic E-state index is 11.0. The fraction of sp³-hybridized carbons (Fsp3) is 0.0909. The molecule has 0 atom stereocenters. The van der Waals surface area contributed by atoms with Gasteiger partial charge in [0.05, 0.1) is 27.5 Å². The molecular formula is C11H9BrClN5O3. The zero-order valence-corrected chi connectivity index (χ0v) is 12.8. The van der Waals surface area contributed by atoms with Crippen LogP contribution in [0.4, 0.5) is 11.5 Å². The van der Waals surface area contributed by atoms with Crippen LogP contribution in [0.15, 0.2) is 29.0 Å². The quantitative estimate of drug-likeness (QED) is 0.469. The number of nitro benzene ring substituents is 1. The second-order valence-electron chi connectivity index (χ2n) is 3.82. The van der Waals surface area contributed by atoms with Gasteiger partial charge in [-0.3, -0.25) is 15.1 Å². The number of hydrogen-bond donors (Lipinski definition) is 2. The van der Waals surface area contributed by atoms with E-state index in [1.54, 1.807) is 0 Å². The molecule has 0 aliphatic rings. The molecule has 2 aromatic rings. The van der Waals surface area contributed by atoms with Gasteiger partial charge in [0, 0.05) is 11.1 Å². The highest BCUT2D eigenvalue weighted by Crippen LogP contribution is 2.38. The highest BCUT2D eigenvalue weighted by atomic mass is 79.9. The summed E-state index contributed by atoms with van der Waals surface area (Å²) in [6, 6.07) is 2.73. The SMILES string of the molecule is NNc1cnc(COc2c(Br)cc(Cl)cc2[N+](=O)[O-])cn1. The summed E-state index contributed by atoms with van der Waals surface area (Å²) in [5.74, 6) is 5.65. The number of nitrogens with one attached hydrogen (secondary N) is 1. The molecule has 0 radical (unpaired) electrons. The molecule has 10 heteroatoms. The van der Waals surface area contributed by atoms with E-state index in [-0.39, 0.29) is 23.1 Å². The van der Waals surface area contributed by atoms with Crippen LogP contribution in [-0.4, -0.2) is 14.9 Å². The summed E-state index contributed by atoms with van der Waals surface area (Å²) >= 11 is 8.97. The molecule has 21 heavy (non-hydrogen) atoms. The predicted molar refractivity (Wildman–Crippen MR) is 80.0 cm³/mol. The fourth-order valence-electron chi connectivity index (χ4n) is 1.48. The molecule has 0 amide bonds. The number of ether oxygens (including phenoxy) is 1. The van der Waals surface area contributed by atoms with E-state index in [2.05, 4.69) is 31.3 Å². The topological polar surface area (TPSA) is 116 Å². The molecule has 0 bridgehead atoms. The van der Waals surface area contributed by atoms with Crippen molar-refractivity contribution in [2.45, 2.75) is 6.61 Å². The maximum atomic E-state index is 11.0. The van der Waals surface area contributed by atoms with Gasteiger partial charge in [0.25, 0.3) is 0 Å². The minimum absolute atomic E-state index is 0.0128. The number of nitrogens with two attached hydrogens (primary N) is 1. The lowest BCUT2D eigenvalue weighted by molar-refractivity contribution is -0.386. The summed E-state index contributed by atoms with van der Waals surface area (Å²) in [6.07, 6.45) is 2.87. The zero-order valence-electron chi connectivity index (χ0n) is 10.4. The van der Waals surface area contributed by atoms with Crippen molar-refractivity contribution in [3.05, 3.63) is 49.8 Å². The van der Waals surface area contributed by atoms with E-state index >= 15 is 0 Å². The smallest absolute Gasteiger partial charge is 0.313 e. The van der Waals surface area contributed by atoms with Crippen LogP contribution in [0.25, 0.3) is 0 Å². The second kappa shape index (κ2) is 6.66. The van der Waals surface area contributed by atoms with Crippen LogP contribution in [-0.2, 0) is 6.61 Å². The van der Waals surface area contributed by atoms with E-state index in [9.17, 15) is 10.1 Å². The Bertz CT molecular complexity index is 668.